The molecule has 62 heavy (non-hydrogen) atoms. The average molecular weight is 898 g/mol. The number of nitrogens with one attached hydrogen (secondary N) is 1. The first-order valence-electron chi connectivity index (χ1n) is 26.7. The van der Waals surface area contributed by atoms with Gasteiger partial charge in [0.1, 0.15) is 13.2 Å². The Morgan fingerprint density at radius 3 is 1.32 bits per heavy atom. The molecule has 0 rings (SSSR count). The molecular formula is C53H106N2O6P+. The largest absolute Gasteiger partial charge is 0.472 e. The number of phosphoric acid groups is 1. The molecule has 0 saturated carbocycles. The summed E-state index contributed by atoms with van der Waals surface area (Å²) in [5, 5.41) is 13.9. The molecule has 9 heteroatoms. The molecule has 1 amide bonds. The Balaban J connectivity index is 3.95. The van der Waals surface area contributed by atoms with Crippen LogP contribution >= 0.6 is 7.82 Å². The van der Waals surface area contributed by atoms with Crippen LogP contribution in [0.2, 0.25) is 0 Å². The number of likely N-dealkylation sites (N-methyl/N-ethyl adjacent to an activating group) is 1. The number of allylic oxidation sites excluding steroid dienone is 4. The molecule has 0 aliphatic rings. The number of hydrogen-bond acceptors (Lipinski definition) is 5. The third kappa shape index (κ3) is 47.0. The number of hydrogen-bond donors (Lipinski definition) is 3. The summed E-state index contributed by atoms with van der Waals surface area (Å²) < 4.78 is 23.6. The van der Waals surface area contributed by atoms with Crippen molar-refractivity contribution in [3.8, 4) is 0 Å². The lowest BCUT2D eigenvalue weighted by Crippen LogP contribution is -2.46. The van der Waals surface area contributed by atoms with Crippen LogP contribution in [0, 0.1) is 0 Å². The number of amides is 1. The first kappa shape index (κ1) is 61.0. The van der Waals surface area contributed by atoms with Crippen molar-refractivity contribution in [3.05, 3.63) is 24.3 Å². The summed E-state index contributed by atoms with van der Waals surface area (Å²) in [7, 11) is 1.62. The SMILES string of the molecule is CCCCCCCCCCC/C=C\C/C=C\CCCCCCCCCCCCCCCCCC(=O)NC(COP(=O)(O)OCC[N+](C)(C)C)C(O)CCCCCCCCCCC. The molecule has 0 spiro atoms. The lowest BCUT2D eigenvalue weighted by atomic mass is 10.0. The molecule has 0 heterocycles. The van der Waals surface area contributed by atoms with E-state index in [1.807, 2.05) is 21.1 Å². The minimum atomic E-state index is -4.31. The number of nitrogens with zero attached hydrogens (tertiary/aromatic N) is 1. The second-order valence-corrected chi connectivity index (χ2v) is 21.1. The maximum absolute atomic E-state index is 12.9. The first-order chi connectivity index (χ1) is 30.0. The highest BCUT2D eigenvalue weighted by molar-refractivity contribution is 7.47. The minimum Gasteiger partial charge on any atom is -0.391 e. The zero-order valence-corrected chi connectivity index (χ0v) is 42.8. The van der Waals surface area contributed by atoms with Crippen LogP contribution in [0.15, 0.2) is 24.3 Å². The lowest BCUT2D eigenvalue weighted by molar-refractivity contribution is -0.870. The van der Waals surface area contributed by atoms with Crippen molar-refractivity contribution >= 4 is 13.7 Å². The van der Waals surface area contributed by atoms with Crippen molar-refractivity contribution < 1.29 is 32.9 Å². The number of carbonyl (C=O) groups is 1. The van der Waals surface area contributed by atoms with Crippen molar-refractivity contribution in [2.75, 3.05) is 40.9 Å². The van der Waals surface area contributed by atoms with Crippen molar-refractivity contribution in [3.63, 3.8) is 0 Å². The highest BCUT2D eigenvalue weighted by Gasteiger charge is 2.28. The molecule has 0 radical (unpaired) electrons. The molecule has 0 aromatic heterocycles. The van der Waals surface area contributed by atoms with E-state index in [0.29, 0.717) is 23.9 Å². The van der Waals surface area contributed by atoms with Gasteiger partial charge in [0, 0.05) is 6.42 Å². The average Bonchev–Trinajstić information content (AvgIpc) is 3.23. The second-order valence-electron chi connectivity index (χ2n) is 19.6. The Bertz CT molecular complexity index is 1060. The molecule has 0 fully saturated rings. The van der Waals surface area contributed by atoms with Gasteiger partial charge < -0.3 is 19.8 Å². The van der Waals surface area contributed by atoms with E-state index in [2.05, 4.69) is 43.5 Å². The van der Waals surface area contributed by atoms with Gasteiger partial charge in [-0.1, -0.05) is 231 Å². The monoisotopic (exact) mass is 898 g/mol. The standard InChI is InChI=1S/C53H105N2O6P/c1-6-8-10-12-14-16-17-18-19-20-21-22-23-24-25-26-27-28-29-30-31-32-33-34-35-36-37-39-41-43-45-47-53(57)54-51(50-61-62(58,59)60-49-48-55(3,4)5)52(56)46-44-42-40-38-15-13-11-9-7-2/h21-22,24-25,51-52,56H,6-20,23,26-50H2,1-5H3,(H-,54,57,58,59)/p+1/b22-21-,25-24-. The lowest BCUT2D eigenvalue weighted by Gasteiger charge is -2.26. The van der Waals surface area contributed by atoms with Crippen LogP contribution in [0.3, 0.4) is 0 Å². The molecule has 3 N–H and O–H groups in total. The van der Waals surface area contributed by atoms with Crippen LogP contribution in [0.4, 0.5) is 0 Å². The van der Waals surface area contributed by atoms with E-state index >= 15 is 0 Å². The molecule has 0 aliphatic heterocycles. The van der Waals surface area contributed by atoms with Crippen LogP contribution < -0.4 is 5.32 Å². The van der Waals surface area contributed by atoms with Gasteiger partial charge in [0.05, 0.1) is 39.9 Å². The summed E-state index contributed by atoms with van der Waals surface area (Å²) >= 11 is 0. The molecule has 0 aromatic rings. The van der Waals surface area contributed by atoms with Gasteiger partial charge in [-0.15, -0.1) is 0 Å². The molecule has 8 nitrogen and oxygen atoms in total. The van der Waals surface area contributed by atoms with Crippen LogP contribution in [-0.4, -0.2) is 73.4 Å². The molecule has 3 atom stereocenters. The Labute approximate surface area is 385 Å². The fraction of sp³-hybridized carbons (Fsp3) is 0.906. The predicted octanol–water partition coefficient (Wildman–Crippen LogP) is 15.6. The van der Waals surface area contributed by atoms with Gasteiger partial charge in [-0.05, 0) is 44.9 Å². The predicted molar refractivity (Wildman–Crippen MR) is 268 cm³/mol. The van der Waals surface area contributed by atoms with E-state index in [-0.39, 0.29) is 19.1 Å². The summed E-state index contributed by atoms with van der Waals surface area (Å²) in [5.41, 5.74) is 0. The van der Waals surface area contributed by atoms with Gasteiger partial charge in [-0.2, -0.15) is 0 Å². The molecule has 0 saturated heterocycles. The molecule has 0 aromatic carbocycles. The normalized spacial score (nSPS) is 14.2. The van der Waals surface area contributed by atoms with Crippen LogP contribution in [0.1, 0.15) is 258 Å². The number of phosphoric ester groups is 1. The molecule has 0 bridgehead atoms. The van der Waals surface area contributed by atoms with Crippen LogP contribution in [-0.2, 0) is 18.4 Å². The number of rotatable bonds is 49. The smallest absolute Gasteiger partial charge is 0.391 e. The maximum Gasteiger partial charge on any atom is 0.472 e. The molecule has 3 unspecified atom stereocenters. The van der Waals surface area contributed by atoms with E-state index < -0.39 is 20.0 Å². The Morgan fingerprint density at radius 1 is 0.548 bits per heavy atom. The van der Waals surface area contributed by atoms with Crippen molar-refractivity contribution in [1.29, 1.82) is 0 Å². The van der Waals surface area contributed by atoms with Crippen molar-refractivity contribution in [2.45, 2.75) is 270 Å². The minimum absolute atomic E-state index is 0.0758. The van der Waals surface area contributed by atoms with E-state index in [4.69, 9.17) is 9.05 Å². The number of carbonyl (C=O) groups excluding carboxylic acids is 1. The fourth-order valence-corrected chi connectivity index (χ4v) is 8.70. The van der Waals surface area contributed by atoms with Crippen molar-refractivity contribution in [2.24, 2.45) is 0 Å². The Morgan fingerprint density at radius 2 is 0.919 bits per heavy atom. The molecular weight excluding hydrogens is 792 g/mol. The zero-order chi connectivity index (χ0) is 45.7. The van der Waals surface area contributed by atoms with Crippen molar-refractivity contribution in [1.82, 2.24) is 5.32 Å². The van der Waals surface area contributed by atoms with Gasteiger partial charge in [0.25, 0.3) is 0 Å². The summed E-state index contributed by atoms with van der Waals surface area (Å²) in [4.78, 5) is 23.2. The highest BCUT2D eigenvalue weighted by Crippen LogP contribution is 2.43. The molecule has 0 aliphatic carbocycles. The van der Waals surface area contributed by atoms with Gasteiger partial charge in [0.2, 0.25) is 5.91 Å². The number of unbranched alkanes of at least 4 members (excludes halogenated alkanes) is 32. The van der Waals surface area contributed by atoms with E-state index in [1.165, 1.54) is 186 Å². The van der Waals surface area contributed by atoms with E-state index in [0.717, 1.165) is 44.9 Å². The summed E-state index contributed by atoms with van der Waals surface area (Å²) in [6.45, 7) is 4.88. The summed E-state index contributed by atoms with van der Waals surface area (Å²) in [5.74, 6) is -0.145. The van der Waals surface area contributed by atoms with Gasteiger partial charge in [-0.3, -0.25) is 13.8 Å². The fourth-order valence-electron chi connectivity index (χ4n) is 7.96. The summed E-state index contributed by atoms with van der Waals surface area (Å²) in [6, 6.07) is -0.756. The van der Waals surface area contributed by atoms with Gasteiger partial charge in [-0.25, -0.2) is 4.57 Å². The number of aliphatic hydroxyl groups is 1. The van der Waals surface area contributed by atoms with Gasteiger partial charge >= 0.3 is 7.82 Å². The van der Waals surface area contributed by atoms with Gasteiger partial charge in [0.15, 0.2) is 0 Å². The topological polar surface area (TPSA) is 105 Å². The second kappa shape index (κ2) is 45.1. The number of quaternary nitrogens is 1. The zero-order valence-electron chi connectivity index (χ0n) is 41.9. The Hall–Kier alpha value is -1.02. The van der Waals surface area contributed by atoms with Crippen LogP contribution in [0.5, 0.6) is 0 Å². The number of aliphatic hydroxyl groups excluding tert-OH is 1. The van der Waals surface area contributed by atoms with E-state index in [1.54, 1.807) is 0 Å². The van der Waals surface area contributed by atoms with E-state index in [9.17, 15) is 19.4 Å². The van der Waals surface area contributed by atoms with Crippen LogP contribution in [0.25, 0.3) is 0 Å². The highest BCUT2D eigenvalue weighted by atomic mass is 31.2. The third-order valence-electron chi connectivity index (χ3n) is 12.2. The summed E-state index contributed by atoms with van der Waals surface area (Å²) in [6.07, 6.45) is 55.3. The maximum atomic E-state index is 12.9. The Kier molecular flexibility index (Phi) is 44.4. The third-order valence-corrected chi connectivity index (χ3v) is 13.2. The first-order valence-corrected chi connectivity index (χ1v) is 28.2. The molecule has 368 valence electrons. The quantitative estimate of drug-likeness (QED) is 0.0243.